The van der Waals surface area contributed by atoms with Crippen molar-refractivity contribution in [1.82, 2.24) is 0 Å². The normalized spacial score (nSPS) is 21.6. The lowest BCUT2D eigenvalue weighted by atomic mass is 10.1. The van der Waals surface area contributed by atoms with Crippen LogP contribution in [-0.4, -0.2) is 5.25 Å². The Morgan fingerprint density at radius 1 is 1.46 bits per heavy atom. The van der Waals surface area contributed by atoms with Crippen LogP contribution in [0.25, 0.3) is 4.91 Å². The van der Waals surface area contributed by atoms with Crippen LogP contribution in [-0.2, 0) is 0 Å². The summed E-state index contributed by atoms with van der Waals surface area (Å²) in [5, 5.41) is 0.719. The van der Waals surface area contributed by atoms with E-state index in [1.807, 2.05) is 30.0 Å². The molecule has 1 aliphatic rings. The van der Waals surface area contributed by atoms with Crippen LogP contribution in [0.3, 0.4) is 0 Å². The Bertz CT molecular complexity index is 344. The van der Waals surface area contributed by atoms with Gasteiger partial charge in [-0.25, -0.2) is 0 Å². The fourth-order valence-corrected chi connectivity index (χ4v) is 2.55. The molecule has 0 bridgehead atoms. The van der Waals surface area contributed by atoms with Crippen LogP contribution in [0.2, 0.25) is 0 Å². The number of allylic oxidation sites excluding steroid dienone is 1. The van der Waals surface area contributed by atoms with E-state index in [0.717, 1.165) is 10.9 Å². The van der Waals surface area contributed by atoms with E-state index in [1.165, 1.54) is 16.9 Å². The second-order valence-electron chi connectivity index (χ2n) is 3.36. The van der Waals surface area contributed by atoms with Crippen molar-refractivity contribution in [2.45, 2.75) is 18.6 Å². The zero-order chi connectivity index (χ0) is 9.26. The molecule has 0 saturated carbocycles. The maximum atomic E-state index is 5.72. The number of hydrogen-bond acceptors (Lipinski definition) is 2. The highest BCUT2D eigenvalue weighted by Gasteiger charge is 2.14. The van der Waals surface area contributed by atoms with Crippen molar-refractivity contribution in [2.75, 3.05) is 5.73 Å². The van der Waals surface area contributed by atoms with Gasteiger partial charge in [0.05, 0.1) is 0 Å². The van der Waals surface area contributed by atoms with E-state index in [0.29, 0.717) is 0 Å². The van der Waals surface area contributed by atoms with Crippen LogP contribution in [0.4, 0.5) is 5.69 Å². The molecule has 1 aromatic carbocycles. The minimum atomic E-state index is 0.719. The number of rotatable bonds is 1. The number of anilines is 1. The number of hydrogen-bond donors (Lipinski definition) is 1. The van der Waals surface area contributed by atoms with Crippen LogP contribution in [0, 0.1) is 0 Å². The SMILES string of the molecule is CC1CC=C(c2cccc(N)c2)S1. The lowest BCUT2D eigenvalue weighted by Crippen LogP contribution is -1.87. The third-order valence-corrected chi connectivity index (χ3v) is 3.39. The molecule has 2 rings (SSSR count). The Hall–Kier alpha value is -0.890. The van der Waals surface area contributed by atoms with Crippen molar-refractivity contribution < 1.29 is 0 Å². The maximum absolute atomic E-state index is 5.72. The van der Waals surface area contributed by atoms with E-state index in [4.69, 9.17) is 5.73 Å². The average Bonchev–Trinajstić information content (AvgIpc) is 2.52. The summed E-state index contributed by atoms with van der Waals surface area (Å²) in [5.41, 5.74) is 7.83. The largest absolute Gasteiger partial charge is 0.399 e. The maximum Gasteiger partial charge on any atom is 0.0320 e. The Kier molecular flexibility index (Phi) is 2.32. The summed E-state index contributed by atoms with van der Waals surface area (Å²) >= 11 is 1.93. The highest BCUT2D eigenvalue weighted by Crippen LogP contribution is 2.39. The van der Waals surface area contributed by atoms with Gasteiger partial charge < -0.3 is 5.73 Å². The highest BCUT2D eigenvalue weighted by molar-refractivity contribution is 8.09. The first kappa shape index (κ1) is 8.70. The summed E-state index contributed by atoms with van der Waals surface area (Å²) in [5.74, 6) is 0. The molecule has 0 aliphatic carbocycles. The molecule has 0 amide bonds. The van der Waals surface area contributed by atoms with Crippen molar-refractivity contribution in [3.63, 3.8) is 0 Å². The highest BCUT2D eigenvalue weighted by atomic mass is 32.2. The molecule has 13 heavy (non-hydrogen) atoms. The van der Waals surface area contributed by atoms with Crippen molar-refractivity contribution in [3.8, 4) is 0 Å². The summed E-state index contributed by atoms with van der Waals surface area (Å²) in [6, 6.07) is 8.09. The van der Waals surface area contributed by atoms with Gasteiger partial charge in [-0.15, -0.1) is 11.8 Å². The zero-order valence-electron chi connectivity index (χ0n) is 7.66. The van der Waals surface area contributed by atoms with Crippen molar-refractivity contribution in [1.29, 1.82) is 0 Å². The van der Waals surface area contributed by atoms with Gasteiger partial charge in [0.25, 0.3) is 0 Å². The second-order valence-corrected chi connectivity index (χ2v) is 4.84. The van der Waals surface area contributed by atoms with Gasteiger partial charge in [0.1, 0.15) is 0 Å². The second kappa shape index (κ2) is 3.46. The number of benzene rings is 1. The topological polar surface area (TPSA) is 26.0 Å². The van der Waals surface area contributed by atoms with Gasteiger partial charge in [-0.05, 0) is 24.1 Å². The molecule has 68 valence electrons. The van der Waals surface area contributed by atoms with Crippen LogP contribution in [0.15, 0.2) is 30.3 Å². The molecule has 2 N–H and O–H groups in total. The quantitative estimate of drug-likeness (QED) is 0.690. The van der Waals surface area contributed by atoms with E-state index in [-0.39, 0.29) is 0 Å². The Balaban J connectivity index is 2.26. The smallest absolute Gasteiger partial charge is 0.0320 e. The summed E-state index contributed by atoms with van der Waals surface area (Å²) < 4.78 is 0. The van der Waals surface area contributed by atoms with Crippen molar-refractivity contribution in [3.05, 3.63) is 35.9 Å². The van der Waals surface area contributed by atoms with Gasteiger partial charge in [0.2, 0.25) is 0 Å². The van der Waals surface area contributed by atoms with Crippen molar-refractivity contribution >= 4 is 22.4 Å². The lowest BCUT2D eigenvalue weighted by molar-refractivity contribution is 1.00. The molecule has 0 radical (unpaired) electrons. The molecule has 1 aromatic rings. The predicted octanol–water partition coefficient (Wildman–Crippen LogP) is 3.14. The Morgan fingerprint density at radius 3 is 2.92 bits per heavy atom. The molecule has 0 fully saturated rings. The first-order valence-electron chi connectivity index (χ1n) is 4.48. The summed E-state index contributed by atoms with van der Waals surface area (Å²) in [6.07, 6.45) is 3.47. The third-order valence-electron chi connectivity index (χ3n) is 2.13. The first-order chi connectivity index (χ1) is 6.25. The Morgan fingerprint density at radius 2 is 2.31 bits per heavy atom. The first-order valence-corrected chi connectivity index (χ1v) is 5.36. The van der Waals surface area contributed by atoms with Gasteiger partial charge >= 0.3 is 0 Å². The molecular weight excluding hydrogens is 178 g/mol. The zero-order valence-corrected chi connectivity index (χ0v) is 8.47. The van der Waals surface area contributed by atoms with E-state index in [9.17, 15) is 0 Å². The number of thioether (sulfide) groups is 1. The molecule has 1 atom stereocenters. The van der Waals surface area contributed by atoms with Gasteiger partial charge in [-0.3, -0.25) is 0 Å². The minimum absolute atomic E-state index is 0.719. The van der Waals surface area contributed by atoms with Gasteiger partial charge in [-0.2, -0.15) is 0 Å². The van der Waals surface area contributed by atoms with E-state index in [2.05, 4.69) is 19.1 Å². The van der Waals surface area contributed by atoms with E-state index >= 15 is 0 Å². The predicted molar refractivity (Wildman–Crippen MR) is 60.5 cm³/mol. The molecule has 2 heteroatoms. The molecular formula is C11H13NS. The molecule has 1 unspecified atom stereocenters. The molecule has 0 aromatic heterocycles. The standard InChI is InChI=1S/C11H13NS/c1-8-5-6-11(13-8)9-3-2-4-10(12)7-9/h2-4,6-8H,5,12H2,1H3. The van der Waals surface area contributed by atoms with Gasteiger partial charge in [-0.1, -0.05) is 25.1 Å². The van der Waals surface area contributed by atoms with E-state index < -0.39 is 0 Å². The minimum Gasteiger partial charge on any atom is -0.399 e. The molecule has 1 aliphatic heterocycles. The van der Waals surface area contributed by atoms with Crippen LogP contribution in [0.1, 0.15) is 18.9 Å². The summed E-state index contributed by atoms with van der Waals surface area (Å²) in [6.45, 7) is 2.25. The average molecular weight is 191 g/mol. The monoisotopic (exact) mass is 191 g/mol. The third kappa shape index (κ3) is 1.89. The molecule has 1 heterocycles. The van der Waals surface area contributed by atoms with Crippen molar-refractivity contribution in [2.24, 2.45) is 0 Å². The fourth-order valence-electron chi connectivity index (χ4n) is 1.46. The molecule has 1 nitrogen and oxygen atoms in total. The fraction of sp³-hybridized carbons (Fsp3) is 0.273. The lowest BCUT2D eigenvalue weighted by Gasteiger charge is -2.04. The Labute approximate surface area is 83.0 Å². The van der Waals surface area contributed by atoms with Crippen LogP contribution >= 0.6 is 11.8 Å². The van der Waals surface area contributed by atoms with E-state index in [1.54, 1.807) is 0 Å². The van der Waals surface area contributed by atoms with Gasteiger partial charge in [0, 0.05) is 15.8 Å². The summed E-state index contributed by atoms with van der Waals surface area (Å²) in [7, 11) is 0. The van der Waals surface area contributed by atoms with Gasteiger partial charge in [0.15, 0.2) is 0 Å². The number of nitrogens with two attached hydrogens (primary N) is 1. The van der Waals surface area contributed by atoms with Crippen LogP contribution in [0.5, 0.6) is 0 Å². The number of nitrogen functional groups attached to an aromatic ring is 1. The summed E-state index contributed by atoms with van der Waals surface area (Å²) in [4.78, 5) is 1.37. The molecule has 0 spiro atoms. The molecule has 0 saturated heterocycles. The van der Waals surface area contributed by atoms with Crippen LogP contribution < -0.4 is 5.73 Å².